The minimum atomic E-state index is -0.714. The van der Waals surface area contributed by atoms with Gasteiger partial charge in [-0.25, -0.2) is 0 Å². The van der Waals surface area contributed by atoms with E-state index in [4.69, 9.17) is 15.2 Å². The lowest BCUT2D eigenvalue weighted by Gasteiger charge is -2.31. The van der Waals surface area contributed by atoms with Crippen LogP contribution in [-0.2, 0) is 9.53 Å². The molecule has 1 heterocycles. The summed E-state index contributed by atoms with van der Waals surface area (Å²) in [4.78, 5) is 12.4. The maximum Gasteiger partial charge on any atom is 0.244 e. The zero-order valence-electron chi connectivity index (χ0n) is 12.8. The van der Waals surface area contributed by atoms with Gasteiger partial charge in [0.1, 0.15) is 11.9 Å². The van der Waals surface area contributed by atoms with Crippen molar-refractivity contribution in [3.8, 4) is 5.75 Å². The first-order valence-corrected chi connectivity index (χ1v) is 8.10. The van der Waals surface area contributed by atoms with Crippen molar-refractivity contribution >= 4 is 11.6 Å². The van der Waals surface area contributed by atoms with E-state index < -0.39 is 5.54 Å². The van der Waals surface area contributed by atoms with Gasteiger partial charge < -0.3 is 20.5 Å². The van der Waals surface area contributed by atoms with Gasteiger partial charge in [-0.05, 0) is 37.1 Å². The summed E-state index contributed by atoms with van der Waals surface area (Å²) in [5.41, 5.74) is 6.28. The fourth-order valence-electron chi connectivity index (χ4n) is 3.08. The number of hydrogen-bond acceptors (Lipinski definition) is 4. The normalized spacial score (nSPS) is 24.0. The number of rotatable bonds is 4. The van der Waals surface area contributed by atoms with Crippen LogP contribution in [0.2, 0.25) is 0 Å². The van der Waals surface area contributed by atoms with Gasteiger partial charge in [0.05, 0.1) is 18.8 Å². The summed E-state index contributed by atoms with van der Waals surface area (Å²) < 4.78 is 11.1. The largest absolute Gasteiger partial charge is 0.488 e. The van der Waals surface area contributed by atoms with E-state index in [1.807, 2.05) is 24.3 Å². The van der Waals surface area contributed by atoms with E-state index in [9.17, 15) is 4.79 Å². The molecule has 1 aliphatic carbocycles. The summed E-state index contributed by atoms with van der Waals surface area (Å²) in [6, 6.07) is 7.46. The SMILES string of the molecule is NC1(C(=O)Nc2ccc(OC3CCOC3)cc2)CCCCC1. The highest BCUT2D eigenvalue weighted by Crippen LogP contribution is 2.27. The summed E-state index contributed by atoms with van der Waals surface area (Å²) in [6.45, 7) is 1.41. The molecule has 1 saturated carbocycles. The first kappa shape index (κ1) is 15.3. The van der Waals surface area contributed by atoms with E-state index in [2.05, 4.69) is 5.32 Å². The monoisotopic (exact) mass is 304 g/mol. The van der Waals surface area contributed by atoms with Gasteiger partial charge in [0.15, 0.2) is 0 Å². The zero-order chi connectivity index (χ0) is 15.4. The van der Waals surface area contributed by atoms with Crippen molar-refractivity contribution in [3.05, 3.63) is 24.3 Å². The molecular weight excluding hydrogens is 280 g/mol. The average molecular weight is 304 g/mol. The van der Waals surface area contributed by atoms with Crippen molar-refractivity contribution < 1.29 is 14.3 Å². The lowest BCUT2D eigenvalue weighted by Crippen LogP contribution is -2.52. The second-order valence-electron chi connectivity index (χ2n) is 6.30. The molecule has 1 aromatic rings. The molecule has 1 saturated heterocycles. The predicted molar refractivity (Wildman–Crippen MR) is 84.9 cm³/mol. The third-order valence-corrected chi connectivity index (χ3v) is 4.50. The van der Waals surface area contributed by atoms with Crippen LogP contribution < -0.4 is 15.8 Å². The van der Waals surface area contributed by atoms with Crippen molar-refractivity contribution in [2.45, 2.75) is 50.2 Å². The van der Waals surface area contributed by atoms with Gasteiger partial charge in [0.25, 0.3) is 0 Å². The Morgan fingerprint density at radius 3 is 2.59 bits per heavy atom. The molecule has 0 radical (unpaired) electrons. The molecule has 0 bridgehead atoms. The molecule has 0 spiro atoms. The van der Waals surface area contributed by atoms with Crippen LogP contribution in [0.3, 0.4) is 0 Å². The molecule has 22 heavy (non-hydrogen) atoms. The number of anilines is 1. The summed E-state index contributed by atoms with van der Waals surface area (Å²) in [5.74, 6) is 0.721. The average Bonchev–Trinajstić information content (AvgIpc) is 3.03. The number of carbonyl (C=O) groups excluding carboxylic acids is 1. The lowest BCUT2D eigenvalue weighted by molar-refractivity contribution is -0.122. The molecule has 1 atom stereocenters. The van der Waals surface area contributed by atoms with Gasteiger partial charge in [0.2, 0.25) is 5.91 Å². The molecule has 3 rings (SSSR count). The molecule has 2 aliphatic rings. The van der Waals surface area contributed by atoms with Crippen LogP contribution in [0.25, 0.3) is 0 Å². The fraction of sp³-hybridized carbons (Fsp3) is 0.588. The van der Waals surface area contributed by atoms with E-state index in [1.54, 1.807) is 0 Å². The summed E-state index contributed by atoms with van der Waals surface area (Å²) in [6.07, 6.45) is 5.82. The van der Waals surface area contributed by atoms with Crippen LogP contribution in [0.1, 0.15) is 38.5 Å². The Morgan fingerprint density at radius 2 is 1.95 bits per heavy atom. The Morgan fingerprint density at radius 1 is 1.23 bits per heavy atom. The summed E-state index contributed by atoms with van der Waals surface area (Å²) in [5, 5.41) is 2.93. The second kappa shape index (κ2) is 6.67. The number of hydrogen-bond donors (Lipinski definition) is 2. The van der Waals surface area contributed by atoms with Gasteiger partial charge in [-0.3, -0.25) is 4.79 Å². The molecule has 1 unspecified atom stereocenters. The molecule has 3 N–H and O–H groups in total. The van der Waals surface area contributed by atoms with Crippen molar-refractivity contribution in [2.24, 2.45) is 5.73 Å². The molecular formula is C17H24N2O3. The fourth-order valence-corrected chi connectivity index (χ4v) is 3.08. The van der Waals surface area contributed by atoms with Gasteiger partial charge in [-0.2, -0.15) is 0 Å². The van der Waals surface area contributed by atoms with Gasteiger partial charge >= 0.3 is 0 Å². The third-order valence-electron chi connectivity index (χ3n) is 4.50. The van der Waals surface area contributed by atoms with Gasteiger partial charge in [0, 0.05) is 12.1 Å². The number of carbonyl (C=O) groups is 1. The Hall–Kier alpha value is -1.59. The van der Waals surface area contributed by atoms with Crippen LogP contribution in [0.4, 0.5) is 5.69 Å². The molecule has 1 aromatic carbocycles. The van der Waals surface area contributed by atoms with E-state index in [0.29, 0.717) is 6.61 Å². The van der Waals surface area contributed by atoms with Crippen LogP contribution >= 0.6 is 0 Å². The summed E-state index contributed by atoms with van der Waals surface area (Å²) >= 11 is 0. The van der Waals surface area contributed by atoms with Crippen LogP contribution in [0.5, 0.6) is 5.75 Å². The molecule has 1 aliphatic heterocycles. The third kappa shape index (κ3) is 3.59. The molecule has 5 nitrogen and oxygen atoms in total. The number of nitrogens with one attached hydrogen (secondary N) is 1. The van der Waals surface area contributed by atoms with E-state index >= 15 is 0 Å². The van der Waals surface area contributed by atoms with E-state index in [0.717, 1.165) is 50.1 Å². The number of nitrogens with two attached hydrogens (primary N) is 1. The Balaban J connectivity index is 1.57. The zero-order valence-corrected chi connectivity index (χ0v) is 12.8. The number of amides is 1. The smallest absolute Gasteiger partial charge is 0.244 e. The first-order chi connectivity index (χ1) is 10.7. The predicted octanol–water partition coefficient (Wildman–Crippen LogP) is 2.45. The molecule has 2 fully saturated rings. The highest BCUT2D eigenvalue weighted by Gasteiger charge is 2.35. The van der Waals surface area contributed by atoms with E-state index in [-0.39, 0.29) is 12.0 Å². The Bertz CT molecular complexity index is 503. The topological polar surface area (TPSA) is 73.6 Å². The van der Waals surface area contributed by atoms with Crippen LogP contribution in [-0.4, -0.2) is 30.8 Å². The molecule has 0 aromatic heterocycles. The second-order valence-corrected chi connectivity index (χ2v) is 6.30. The summed E-state index contributed by atoms with van der Waals surface area (Å²) in [7, 11) is 0. The maximum absolute atomic E-state index is 12.4. The van der Waals surface area contributed by atoms with Crippen LogP contribution in [0.15, 0.2) is 24.3 Å². The highest BCUT2D eigenvalue weighted by molar-refractivity contribution is 5.98. The van der Waals surface area contributed by atoms with Gasteiger partial charge in [-0.1, -0.05) is 19.3 Å². The van der Waals surface area contributed by atoms with Crippen LogP contribution in [0, 0.1) is 0 Å². The Labute approximate surface area is 131 Å². The lowest BCUT2D eigenvalue weighted by atomic mass is 9.82. The van der Waals surface area contributed by atoms with Crippen molar-refractivity contribution in [1.82, 2.24) is 0 Å². The maximum atomic E-state index is 12.4. The van der Waals surface area contributed by atoms with Gasteiger partial charge in [-0.15, -0.1) is 0 Å². The minimum absolute atomic E-state index is 0.0786. The quantitative estimate of drug-likeness (QED) is 0.896. The Kier molecular flexibility index (Phi) is 4.64. The highest BCUT2D eigenvalue weighted by atomic mass is 16.5. The van der Waals surface area contributed by atoms with Crippen molar-refractivity contribution in [3.63, 3.8) is 0 Å². The molecule has 5 heteroatoms. The molecule has 1 amide bonds. The number of ether oxygens (including phenoxy) is 2. The minimum Gasteiger partial charge on any atom is -0.488 e. The molecule has 120 valence electrons. The van der Waals surface area contributed by atoms with E-state index in [1.165, 1.54) is 6.42 Å². The standard InChI is InChI=1S/C17H24N2O3/c18-17(9-2-1-3-10-17)16(20)19-13-4-6-14(7-5-13)22-15-8-11-21-12-15/h4-7,15H,1-3,8-12,18H2,(H,19,20). The van der Waals surface area contributed by atoms with Crippen molar-refractivity contribution in [2.75, 3.05) is 18.5 Å². The number of benzene rings is 1. The first-order valence-electron chi connectivity index (χ1n) is 8.10. The van der Waals surface area contributed by atoms with Crippen molar-refractivity contribution in [1.29, 1.82) is 0 Å².